The Morgan fingerprint density at radius 2 is 1.95 bits per heavy atom. The second kappa shape index (κ2) is 5.72. The average molecular weight is 280 g/mol. The number of para-hydroxylation sites is 1. The zero-order valence-corrected chi connectivity index (χ0v) is 12.6. The fraction of sp³-hybridized carbons (Fsp3) is 0.316. The summed E-state index contributed by atoms with van der Waals surface area (Å²) in [5.41, 5.74) is 4.65. The van der Waals surface area contributed by atoms with E-state index in [0.29, 0.717) is 13.0 Å². The van der Waals surface area contributed by atoms with Crippen LogP contribution in [0.4, 0.5) is 0 Å². The molecule has 2 heteroatoms. The van der Waals surface area contributed by atoms with Gasteiger partial charge in [0.1, 0.15) is 11.5 Å². The summed E-state index contributed by atoms with van der Waals surface area (Å²) in [7, 11) is 0. The largest absolute Gasteiger partial charge is 0.493 e. The van der Waals surface area contributed by atoms with E-state index < -0.39 is 0 Å². The van der Waals surface area contributed by atoms with Crippen LogP contribution in [0.2, 0.25) is 0 Å². The molecule has 1 unspecified atom stereocenters. The summed E-state index contributed by atoms with van der Waals surface area (Å²) < 4.78 is 5.64. The molecular formula is C19H20O2. The summed E-state index contributed by atoms with van der Waals surface area (Å²) in [5.74, 6) is 1.12. The number of Topliss-reactive ketones (excluding diaryl/α,β-unsaturated/α-hetero) is 1. The first-order chi connectivity index (χ1) is 10.1. The van der Waals surface area contributed by atoms with Gasteiger partial charge in [0, 0.05) is 17.9 Å². The molecule has 1 aliphatic heterocycles. The fourth-order valence-corrected chi connectivity index (χ4v) is 2.91. The number of ether oxygens (including phenoxy) is 1. The van der Waals surface area contributed by atoms with Crippen LogP contribution in [0.3, 0.4) is 0 Å². The SMILES string of the molecule is Cc1ccc(CC(=O)C2CCOc3ccccc32)cc1C. The Morgan fingerprint density at radius 3 is 2.76 bits per heavy atom. The van der Waals surface area contributed by atoms with Crippen molar-refractivity contribution < 1.29 is 9.53 Å². The van der Waals surface area contributed by atoms with Gasteiger partial charge in [0.05, 0.1) is 6.61 Å². The van der Waals surface area contributed by atoms with Crippen LogP contribution in [0.1, 0.15) is 34.6 Å². The summed E-state index contributed by atoms with van der Waals surface area (Å²) in [5, 5.41) is 0. The Bertz CT molecular complexity index is 673. The highest BCUT2D eigenvalue weighted by Gasteiger charge is 2.27. The molecule has 0 radical (unpaired) electrons. The van der Waals surface area contributed by atoms with Gasteiger partial charge < -0.3 is 4.74 Å². The van der Waals surface area contributed by atoms with Crippen LogP contribution in [0.25, 0.3) is 0 Å². The van der Waals surface area contributed by atoms with Crippen molar-refractivity contribution in [3.63, 3.8) is 0 Å². The van der Waals surface area contributed by atoms with Gasteiger partial charge >= 0.3 is 0 Å². The summed E-state index contributed by atoms with van der Waals surface area (Å²) in [6.07, 6.45) is 1.28. The van der Waals surface area contributed by atoms with E-state index in [4.69, 9.17) is 4.74 Å². The van der Waals surface area contributed by atoms with Crippen LogP contribution in [0, 0.1) is 13.8 Å². The van der Waals surface area contributed by atoms with Crippen molar-refractivity contribution in [3.8, 4) is 5.75 Å². The van der Waals surface area contributed by atoms with Crippen molar-refractivity contribution >= 4 is 5.78 Å². The molecule has 2 aromatic rings. The molecule has 1 aliphatic rings. The Labute approximate surface area is 125 Å². The summed E-state index contributed by atoms with van der Waals surface area (Å²) in [6.45, 7) is 4.81. The lowest BCUT2D eigenvalue weighted by atomic mass is 9.86. The monoisotopic (exact) mass is 280 g/mol. The normalized spacial score (nSPS) is 17.0. The number of aryl methyl sites for hydroxylation is 2. The molecule has 0 aliphatic carbocycles. The molecule has 0 bridgehead atoms. The van der Waals surface area contributed by atoms with Crippen LogP contribution in [0.15, 0.2) is 42.5 Å². The first kappa shape index (κ1) is 13.9. The zero-order chi connectivity index (χ0) is 14.8. The van der Waals surface area contributed by atoms with E-state index in [1.54, 1.807) is 0 Å². The van der Waals surface area contributed by atoms with Crippen molar-refractivity contribution in [1.82, 2.24) is 0 Å². The van der Waals surface area contributed by atoms with Gasteiger partial charge in [-0.15, -0.1) is 0 Å². The van der Waals surface area contributed by atoms with E-state index in [0.717, 1.165) is 23.3 Å². The molecule has 0 fully saturated rings. The molecule has 1 atom stereocenters. The van der Waals surface area contributed by atoms with Crippen molar-refractivity contribution in [2.75, 3.05) is 6.61 Å². The zero-order valence-electron chi connectivity index (χ0n) is 12.6. The predicted molar refractivity (Wildman–Crippen MR) is 83.9 cm³/mol. The Morgan fingerprint density at radius 1 is 1.14 bits per heavy atom. The van der Waals surface area contributed by atoms with Gasteiger partial charge in [-0.2, -0.15) is 0 Å². The van der Waals surface area contributed by atoms with Crippen molar-refractivity contribution in [3.05, 3.63) is 64.7 Å². The van der Waals surface area contributed by atoms with E-state index in [1.807, 2.05) is 24.3 Å². The first-order valence-electron chi connectivity index (χ1n) is 7.46. The fourth-order valence-electron chi connectivity index (χ4n) is 2.91. The lowest BCUT2D eigenvalue weighted by Gasteiger charge is -2.25. The number of hydrogen-bond acceptors (Lipinski definition) is 2. The van der Waals surface area contributed by atoms with E-state index >= 15 is 0 Å². The number of ketones is 1. The third kappa shape index (κ3) is 2.85. The molecule has 2 aromatic carbocycles. The minimum Gasteiger partial charge on any atom is -0.493 e. The predicted octanol–water partition coefficient (Wildman–Crippen LogP) is 3.98. The number of hydrogen-bond donors (Lipinski definition) is 0. The van der Waals surface area contributed by atoms with Crippen LogP contribution in [-0.2, 0) is 11.2 Å². The average Bonchev–Trinajstić information content (AvgIpc) is 2.50. The van der Waals surface area contributed by atoms with Crippen LogP contribution >= 0.6 is 0 Å². The molecule has 21 heavy (non-hydrogen) atoms. The molecule has 2 nitrogen and oxygen atoms in total. The van der Waals surface area contributed by atoms with Gasteiger partial charge in [-0.1, -0.05) is 36.4 Å². The van der Waals surface area contributed by atoms with Gasteiger partial charge in [-0.25, -0.2) is 0 Å². The molecule has 0 N–H and O–H groups in total. The maximum atomic E-state index is 12.7. The molecule has 0 saturated heterocycles. The van der Waals surface area contributed by atoms with Gasteiger partial charge in [0.25, 0.3) is 0 Å². The molecule has 0 aromatic heterocycles. The molecular weight excluding hydrogens is 260 g/mol. The van der Waals surface area contributed by atoms with E-state index in [9.17, 15) is 4.79 Å². The second-order valence-corrected chi connectivity index (χ2v) is 5.79. The molecule has 108 valence electrons. The maximum absolute atomic E-state index is 12.7. The Balaban J connectivity index is 1.81. The lowest BCUT2D eigenvalue weighted by Crippen LogP contribution is -2.22. The minimum atomic E-state index is -0.0310. The van der Waals surface area contributed by atoms with E-state index in [1.165, 1.54) is 11.1 Å². The standard InChI is InChI=1S/C19H20O2/c1-13-7-8-15(11-14(13)2)12-18(20)16-9-10-21-19-6-4-3-5-17(16)19/h3-8,11,16H,9-10,12H2,1-2H3. The lowest BCUT2D eigenvalue weighted by molar-refractivity contribution is -0.120. The van der Waals surface area contributed by atoms with Gasteiger partial charge in [-0.05, 0) is 43.0 Å². The molecule has 0 amide bonds. The van der Waals surface area contributed by atoms with Gasteiger partial charge in [0.15, 0.2) is 0 Å². The van der Waals surface area contributed by atoms with Gasteiger partial charge in [0.2, 0.25) is 0 Å². The minimum absolute atomic E-state index is 0.0310. The third-order valence-electron chi connectivity index (χ3n) is 4.30. The third-order valence-corrected chi connectivity index (χ3v) is 4.30. The summed E-state index contributed by atoms with van der Waals surface area (Å²) in [6, 6.07) is 14.2. The number of fused-ring (bicyclic) bond motifs is 1. The van der Waals surface area contributed by atoms with Crippen molar-refractivity contribution in [1.29, 1.82) is 0 Å². The van der Waals surface area contributed by atoms with Crippen LogP contribution in [-0.4, -0.2) is 12.4 Å². The molecule has 3 rings (SSSR count). The van der Waals surface area contributed by atoms with Gasteiger partial charge in [-0.3, -0.25) is 4.79 Å². The van der Waals surface area contributed by atoms with Crippen LogP contribution in [0.5, 0.6) is 5.75 Å². The van der Waals surface area contributed by atoms with E-state index in [-0.39, 0.29) is 11.7 Å². The first-order valence-corrected chi connectivity index (χ1v) is 7.46. The Hall–Kier alpha value is -2.09. The second-order valence-electron chi connectivity index (χ2n) is 5.79. The maximum Gasteiger partial charge on any atom is 0.144 e. The quantitative estimate of drug-likeness (QED) is 0.850. The molecule has 1 heterocycles. The highest BCUT2D eigenvalue weighted by Crippen LogP contribution is 2.34. The van der Waals surface area contributed by atoms with Crippen molar-refractivity contribution in [2.45, 2.75) is 32.6 Å². The van der Waals surface area contributed by atoms with Crippen molar-refractivity contribution in [2.24, 2.45) is 0 Å². The summed E-state index contributed by atoms with van der Waals surface area (Å²) >= 11 is 0. The smallest absolute Gasteiger partial charge is 0.144 e. The highest BCUT2D eigenvalue weighted by molar-refractivity contribution is 5.88. The number of rotatable bonds is 3. The topological polar surface area (TPSA) is 26.3 Å². The number of benzene rings is 2. The molecule has 0 saturated carbocycles. The summed E-state index contributed by atoms with van der Waals surface area (Å²) in [4.78, 5) is 12.7. The van der Waals surface area contributed by atoms with E-state index in [2.05, 4.69) is 32.0 Å². The Kier molecular flexibility index (Phi) is 3.78. The molecule has 0 spiro atoms. The van der Waals surface area contributed by atoms with Crippen LogP contribution < -0.4 is 4.74 Å². The number of carbonyl (C=O) groups is 1. The highest BCUT2D eigenvalue weighted by atomic mass is 16.5. The number of carbonyl (C=O) groups excluding carboxylic acids is 1.